The zero-order valence-electron chi connectivity index (χ0n) is 22.1. The number of rotatable bonds is 6. The summed E-state index contributed by atoms with van der Waals surface area (Å²) >= 11 is 0. The lowest BCUT2D eigenvalue weighted by atomic mass is 9.94. The van der Waals surface area contributed by atoms with Gasteiger partial charge in [-0.25, -0.2) is 13.7 Å². The largest absolute Gasteiger partial charge is 0.573 e. The van der Waals surface area contributed by atoms with E-state index in [1.54, 1.807) is 0 Å². The van der Waals surface area contributed by atoms with Crippen LogP contribution < -0.4 is 24.0 Å². The molecule has 4 atom stereocenters. The van der Waals surface area contributed by atoms with Gasteiger partial charge in [-0.15, -0.1) is 13.2 Å². The summed E-state index contributed by atoms with van der Waals surface area (Å²) in [5.74, 6) is 0.754. The van der Waals surface area contributed by atoms with E-state index in [9.17, 15) is 22.5 Å². The summed E-state index contributed by atoms with van der Waals surface area (Å²) in [4.78, 5) is 4.02. The molecule has 6 rings (SSSR count). The van der Waals surface area contributed by atoms with Gasteiger partial charge in [-0.05, 0) is 60.7 Å². The predicted octanol–water partition coefficient (Wildman–Crippen LogP) is 6.06. The van der Waals surface area contributed by atoms with E-state index >= 15 is 0 Å². The lowest BCUT2D eigenvalue weighted by Gasteiger charge is -2.49. The number of hydrogen-bond acceptors (Lipinski definition) is 7. The fourth-order valence-corrected chi connectivity index (χ4v) is 6.71. The van der Waals surface area contributed by atoms with Crippen LogP contribution in [-0.4, -0.2) is 47.0 Å². The van der Waals surface area contributed by atoms with Gasteiger partial charge in [-0.1, -0.05) is 42.5 Å². The Hall–Kier alpha value is -4.26. The van der Waals surface area contributed by atoms with Crippen molar-refractivity contribution in [2.24, 2.45) is 0 Å². The molecule has 4 aromatic carbocycles. The summed E-state index contributed by atoms with van der Waals surface area (Å²) in [7, 11) is -3.75. The van der Waals surface area contributed by atoms with Gasteiger partial charge in [0.25, 0.3) is 0 Å². The minimum absolute atomic E-state index is 0.0420. The number of ether oxygens (including phenoxy) is 2. The van der Waals surface area contributed by atoms with Crippen molar-refractivity contribution in [3.05, 3.63) is 103 Å². The fraction of sp³-hybridized carbons (Fsp3) is 0.200. The van der Waals surface area contributed by atoms with Gasteiger partial charge in [-0.3, -0.25) is 0 Å². The van der Waals surface area contributed by atoms with Crippen LogP contribution in [0, 0.1) is 4.78 Å². The average Bonchev–Trinajstić information content (AvgIpc) is 2.97. The van der Waals surface area contributed by atoms with E-state index in [1.807, 2.05) is 88.7 Å². The van der Waals surface area contributed by atoms with Gasteiger partial charge < -0.3 is 24.4 Å². The van der Waals surface area contributed by atoms with Crippen LogP contribution in [0.4, 0.5) is 30.2 Å². The molecule has 1 fully saturated rings. The molecule has 8 nitrogen and oxygen atoms in total. The van der Waals surface area contributed by atoms with Crippen LogP contribution >= 0.6 is 0 Å². The van der Waals surface area contributed by atoms with Crippen molar-refractivity contribution in [1.29, 1.82) is 4.78 Å². The molecule has 42 heavy (non-hydrogen) atoms. The van der Waals surface area contributed by atoms with Crippen molar-refractivity contribution in [2.75, 3.05) is 22.9 Å². The third-order valence-corrected chi connectivity index (χ3v) is 8.83. The summed E-state index contributed by atoms with van der Waals surface area (Å²) in [5, 5.41) is 11.9. The number of benzene rings is 4. The number of hydrogen-bond donors (Lipinski definition) is 3. The minimum atomic E-state index is -4.87. The third-order valence-electron chi connectivity index (χ3n) is 7.26. The summed E-state index contributed by atoms with van der Waals surface area (Å²) in [6.45, 7) is 0.620. The maximum atomic E-state index is 13.7. The number of fused-ring (bicyclic) bond motifs is 2. The molecule has 0 saturated carbocycles. The van der Waals surface area contributed by atoms with E-state index in [4.69, 9.17) is 9.52 Å². The highest BCUT2D eigenvalue weighted by molar-refractivity contribution is 7.90. The standard InChI is InChI=1S/C30H27F3N4O4S/c31-30(32,33)41-21-14-16-22(17-15-21)42(34,39)35-23-18-36(20-8-2-1-3-9-20)19-26(29(23)38)37-24-10-4-6-12-27(24)40-28-13-7-5-11-25(28)37/h1-17,23,26,29,38H,18-19H2,(H2,34,35,39). The molecule has 1 saturated heterocycles. The minimum Gasteiger partial charge on any atom is -0.453 e. The highest BCUT2D eigenvalue weighted by Crippen LogP contribution is 2.48. The number of aliphatic hydroxyl groups excluding tert-OH is 1. The van der Waals surface area contributed by atoms with Crippen LogP contribution in [0.5, 0.6) is 17.2 Å². The molecule has 2 aliphatic heterocycles. The van der Waals surface area contributed by atoms with Crippen molar-refractivity contribution in [2.45, 2.75) is 29.4 Å². The van der Waals surface area contributed by atoms with Crippen LogP contribution in [0.2, 0.25) is 0 Å². The summed E-state index contributed by atoms with van der Waals surface area (Å²) in [6.07, 6.45) is -5.98. The molecule has 12 heteroatoms. The van der Waals surface area contributed by atoms with E-state index in [1.165, 1.54) is 0 Å². The summed E-state index contributed by atoms with van der Waals surface area (Å²) in [5.41, 5.74) is 2.38. The molecular formula is C30H27F3N4O4S. The van der Waals surface area contributed by atoms with Crippen LogP contribution in [0.3, 0.4) is 0 Å². The number of anilines is 3. The summed E-state index contributed by atoms with van der Waals surface area (Å²) in [6, 6.07) is 27.5. The highest BCUT2D eigenvalue weighted by Gasteiger charge is 2.43. The first-order valence-corrected chi connectivity index (χ1v) is 14.7. The topological polar surface area (TPSA) is 98.1 Å². The van der Waals surface area contributed by atoms with Gasteiger partial charge in [0.15, 0.2) is 11.5 Å². The Kier molecular flexibility index (Phi) is 7.21. The van der Waals surface area contributed by atoms with E-state index in [0.29, 0.717) is 18.0 Å². The molecule has 0 aromatic heterocycles. The lowest BCUT2D eigenvalue weighted by molar-refractivity contribution is -0.274. The molecule has 4 aromatic rings. The van der Waals surface area contributed by atoms with Crippen molar-refractivity contribution >= 4 is 27.0 Å². The first kappa shape index (κ1) is 27.9. The average molecular weight is 597 g/mol. The second kappa shape index (κ2) is 10.9. The van der Waals surface area contributed by atoms with E-state index in [2.05, 4.69) is 9.46 Å². The molecule has 3 N–H and O–H groups in total. The number of aliphatic hydroxyl groups is 1. The molecule has 0 aliphatic carbocycles. The van der Waals surface area contributed by atoms with Crippen molar-refractivity contribution in [3.63, 3.8) is 0 Å². The fourth-order valence-electron chi connectivity index (χ4n) is 5.42. The van der Waals surface area contributed by atoms with Crippen LogP contribution in [0.15, 0.2) is 108 Å². The van der Waals surface area contributed by atoms with Gasteiger partial charge in [-0.2, -0.15) is 0 Å². The van der Waals surface area contributed by atoms with Gasteiger partial charge in [0.2, 0.25) is 0 Å². The van der Waals surface area contributed by atoms with Crippen molar-refractivity contribution < 1.29 is 32.0 Å². The quantitative estimate of drug-likeness (QED) is 0.251. The van der Waals surface area contributed by atoms with E-state index < -0.39 is 40.2 Å². The zero-order chi connectivity index (χ0) is 29.5. The maximum absolute atomic E-state index is 13.7. The first-order chi connectivity index (χ1) is 20.1. The third kappa shape index (κ3) is 5.60. The Labute approximate surface area is 241 Å². The Morgan fingerprint density at radius 3 is 2.02 bits per heavy atom. The molecular weight excluding hydrogens is 569 g/mol. The second-order valence-electron chi connectivity index (χ2n) is 10.0. The number of alkyl halides is 3. The second-order valence-corrected chi connectivity index (χ2v) is 11.8. The number of piperidine rings is 1. The molecule has 2 aliphatic rings. The molecule has 218 valence electrons. The maximum Gasteiger partial charge on any atom is 0.573 e. The number of nitrogens with one attached hydrogen (secondary N) is 2. The Morgan fingerprint density at radius 2 is 1.43 bits per heavy atom. The molecule has 0 spiro atoms. The van der Waals surface area contributed by atoms with Gasteiger partial charge in [0.05, 0.1) is 34.5 Å². The predicted molar refractivity (Wildman–Crippen MR) is 153 cm³/mol. The number of halogens is 3. The van der Waals surface area contributed by atoms with E-state index in [-0.39, 0.29) is 11.4 Å². The SMILES string of the molecule is N=S(=O)(NC1CN(c2ccccc2)CC(N2c3ccccc3Oc3ccccc32)C1O)c1ccc(OC(F)(F)F)cc1. The molecule has 2 heterocycles. The highest BCUT2D eigenvalue weighted by atomic mass is 32.2. The van der Waals surface area contributed by atoms with Gasteiger partial charge in [0.1, 0.15) is 15.7 Å². The molecule has 4 unspecified atom stereocenters. The van der Waals surface area contributed by atoms with Gasteiger partial charge >= 0.3 is 6.36 Å². The van der Waals surface area contributed by atoms with Crippen LogP contribution in [0.25, 0.3) is 0 Å². The Morgan fingerprint density at radius 1 is 0.857 bits per heavy atom. The normalized spacial score (nSPS) is 21.5. The monoisotopic (exact) mass is 596 g/mol. The van der Waals surface area contributed by atoms with Crippen molar-refractivity contribution in [3.8, 4) is 17.2 Å². The van der Waals surface area contributed by atoms with Crippen molar-refractivity contribution in [1.82, 2.24) is 4.72 Å². The van der Waals surface area contributed by atoms with Crippen LogP contribution in [-0.2, 0) is 9.92 Å². The van der Waals surface area contributed by atoms with Crippen LogP contribution in [0.1, 0.15) is 0 Å². The zero-order valence-corrected chi connectivity index (χ0v) is 22.9. The smallest absolute Gasteiger partial charge is 0.453 e. The van der Waals surface area contributed by atoms with E-state index in [0.717, 1.165) is 41.3 Å². The molecule has 0 amide bonds. The number of para-hydroxylation sites is 5. The first-order valence-electron chi connectivity index (χ1n) is 13.1. The lowest BCUT2D eigenvalue weighted by Crippen LogP contribution is -2.65. The summed E-state index contributed by atoms with van der Waals surface area (Å²) < 4.78 is 73.0. The Balaban J connectivity index is 1.36. The molecule has 0 radical (unpaired) electrons. The Bertz CT molecular complexity index is 1620. The van der Waals surface area contributed by atoms with Gasteiger partial charge in [0, 0.05) is 18.8 Å². The number of nitrogens with zero attached hydrogens (tertiary/aromatic N) is 2. The molecule has 0 bridgehead atoms.